The predicted octanol–water partition coefficient (Wildman–Crippen LogP) is 1.86. The van der Waals surface area contributed by atoms with Crippen LogP contribution in [-0.2, 0) is 11.3 Å². The first kappa shape index (κ1) is 14.8. The van der Waals surface area contributed by atoms with E-state index in [1.807, 2.05) is 0 Å². The second-order valence-electron chi connectivity index (χ2n) is 5.11. The molecule has 0 aliphatic heterocycles. The highest BCUT2D eigenvalue weighted by molar-refractivity contribution is 5.76. The Morgan fingerprint density at radius 3 is 2.70 bits per heavy atom. The van der Waals surface area contributed by atoms with Gasteiger partial charge in [-0.15, -0.1) is 5.10 Å². The predicted molar refractivity (Wildman–Crippen MR) is 64.6 cm³/mol. The fourth-order valence-corrected chi connectivity index (χ4v) is 2.71. The molecule has 1 heterocycles. The molecule has 1 fully saturated rings. The number of hydrogen-bond acceptors (Lipinski definition) is 3. The summed E-state index contributed by atoms with van der Waals surface area (Å²) in [5.74, 6) is -1.81. The zero-order valence-corrected chi connectivity index (χ0v) is 11.2. The lowest BCUT2D eigenvalue weighted by Gasteiger charge is -2.38. The molecule has 2 atom stereocenters. The highest BCUT2D eigenvalue weighted by atomic mass is 19.4. The van der Waals surface area contributed by atoms with E-state index in [0.717, 1.165) is 6.42 Å². The van der Waals surface area contributed by atoms with Crippen molar-refractivity contribution in [2.24, 2.45) is 5.92 Å². The average molecular weight is 290 g/mol. The lowest BCUT2D eigenvalue weighted by molar-refractivity contribution is -0.199. The van der Waals surface area contributed by atoms with Gasteiger partial charge in [0.2, 0.25) is 5.91 Å². The molecule has 112 valence electrons. The molecule has 1 saturated carbocycles. The summed E-state index contributed by atoms with van der Waals surface area (Å²) in [5.41, 5.74) is 0. The molecule has 0 aromatic carbocycles. The molecule has 1 aromatic heterocycles. The van der Waals surface area contributed by atoms with Gasteiger partial charge in [-0.25, -0.2) is 4.68 Å². The minimum atomic E-state index is -4.26. The molecular formula is C12H17F3N4O. The number of halogens is 3. The summed E-state index contributed by atoms with van der Waals surface area (Å²) in [7, 11) is 1.44. The molecular weight excluding hydrogens is 273 g/mol. The summed E-state index contributed by atoms with van der Waals surface area (Å²) in [5, 5.41) is 7.21. The largest absolute Gasteiger partial charge is 0.393 e. The Bertz CT molecular complexity index is 446. The van der Waals surface area contributed by atoms with Crippen LogP contribution in [-0.4, -0.2) is 45.1 Å². The second kappa shape index (κ2) is 5.80. The van der Waals surface area contributed by atoms with Crippen LogP contribution in [0.25, 0.3) is 0 Å². The zero-order chi connectivity index (χ0) is 14.8. The third-order valence-corrected chi connectivity index (χ3v) is 3.81. The van der Waals surface area contributed by atoms with Gasteiger partial charge in [0.1, 0.15) is 6.54 Å². The molecule has 1 aromatic rings. The molecule has 5 nitrogen and oxygen atoms in total. The van der Waals surface area contributed by atoms with Crippen LogP contribution in [0.3, 0.4) is 0 Å². The Morgan fingerprint density at radius 1 is 1.40 bits per heavy atom. The summed E-state index contributed by atoms with van der Waals surface area (Å²) in [6, 6.07) is -0.778. The van der Waals surface area contributed by atoms with Crippen LogP contribution in [0, 0.1) is 5.92 Å². The summed E-state index contributed by atoms with van der Waals surface area (Å²) >= 11 is 0. The van der Waals surface area contributed by atoms with Crippen molar-refractivity contribution in [2.45, 2.75) is 44.4 Å². The first-order chi connectivity index (χ1) is 9.39. The molecule has 1 aliphatic rings. The fraction of sp³-hybridized carbons (Fsp3) is 0.750. The first-order valence-corrected chi connectivity index (χ1v) is 6.56. The molecule has 0 saturated heterocycles. The van der Waals surface area contributed by atoms with E-state index < -0.39 is 18.1 Å². The Morgan fingerprint density at radius 2 is 2.10 bits per heavy atom. The molecule has 1 aliphatic carbocycles. The summed E-state index contributed by atoms with van der Waals surface area (Å²) in [6.45, 7) is -0.0857. The quantitative estimate of drug-likeness (QED) is 0.853. The topological polar surface area (TPSA) is 51.0 Å². The lowest BCUT2D eigenvalue weighted by Crippen LogP contribution is -2.49. The molecule has 0 spiro atoms. The van der Waals surface area contributed by atoms with E-state index in [4.69, 9.17) is 0 Å². The van der Waals surface area contributed by atoms with Crippen molar-refractivity contribution in [1.82, 2.24) is 19.9 Å². The van der Waals surface area contributed by atoms with E-state index in [-0.39, 0.29) is 18.9 Å². The van der Waals surface area contributed by atoms with Gasteiger partial charge in [0.25, 0.3) is 0 Å². The lowest BCUT2D eigenvalue weighted by atomic mass is 9.83. The maximum absolute atomic E-state index is 13.0. The van der Waals surface area contributed by atoms with Crippen LogP contribution in [0.5, 0.6) is 0 Å². The average Bonchev–Trinajstić information content (AvgIpc) is 2.89. The van der Waals surface area contributed by atoms with Crippen molar-refractivity contribution in [1.29, 1.82) is 0 Å². The number of rotatable bonds is 3. The molecule has 0 radical (unpaired) electrons. The highest BCUT2D eigenvalue weighted by Crippen LogP contribution is 2.39. The molecule has 8 heteroatoms. The van der Waals surface area contributed by atoms with Crippen molar-refractivity contribution in [3.05, 3.63) is 12.4 Å². The fourth-order valence-electron chi connectivity index (χ4n) is 2.71. The van der Waals surface area contributed by atoms with Gasteiger partial charge < -0.3 is 4.90 Å². The van der Waals surface area contributed by atoms with Crippen LogP contribution in [0.15, 0.2) is 12.4 Å². The van der Waals surface area contributed by atoms with E-state index in [9.17, 15) is 18.0 Å². The number of aromatic nitrogens is 3. The minimum Gasteiger partial charge on any atom is -0.341 e. The van der Waals surface area contributed by atoms with Crippen LogP contribution in [0.4, 0.5) is 13.2 Å². The molecule has 0 unspecified atom stereocenters. The van der Waals surface area contributed by atoms with E-state index in [0.29, 0.717) is 12.8 Å². The standard InChI is InChI=1S/C12H17F3N4O/c1-18(11(20)8-19-7-6-16-17-19)10-5-3-2-4-9(10)12(13,14)15/h6-7,9-10H,2-5,8H2,1H3/t9-,10+/m1/s1. The summed E-state index contributed by atoms with van der Waals surface area (Å²) in [4.78, 5) is 13.3. The smallest absolute Gasteiger partial charge is 0.341 e. The Balaban J connectivity index is 2.05. The van der Waals surface area contributed by atoms with Gasteiger partial charge in [-0.3, -0.25) is 4.79 Å². The van der Waals surface area contributed by atoms with Gasteiger partial charge in [0.15, 0.2) is 0 Å². The minimum absolute atomic E-state index is 0.0857. The number of nitrogens with zero attached hydrogens (tertiary/aromatic N) is 4. The maximum atomic E-state index is 13.0. The Labute approximate surface area is 114 Å². The monoisotopic (exact) mass is 290 g/mol. The van der Waals surface area contributed by atoms with Crippen molar-refractivity contribution < 1.29 is 18.0 Å². The van der Waals surface area contributed by atoms with Crippen LogP contribution >= 0.6 is 0 Å². The number of hydrogen-bond donors (Lipinski definition) is 0. The third-order valence-electron chi connectivity index (χ3n) is 3.81. The van der Waals surface area contributed by atoms with Gasteiger partial charge >= 0.3 is 6.18 Å². The number of amides is 1. The number of likely N-dealkylation sites (N-methyl/N-ethyl adjacent to an activating group) is 1. The molecule has 2 rings (SSSR count). The van der Waals surface area contributed by atoms with Crippen LogP contribution < -0.4 is 0 Å². The van der Waals surface area contributed by atoms with Gasteiger partial charge in [-0.2, -0.15) is 13.2 Å². The summed E-state index contributed by atoms with van der Waals surface area (Å²) in [6.07, 6.45) is 0.440. The number of carbonyl (C=O) groups excluding carboxylic acids is 1. The summed E-state index contributed by atoms with van der Waals surface area (Å²) < 4.78 is 40.4. The van der Waals surface area contributed by atoms with Crippen molar-refractivity contribution in [3.63, 3.8) is 0 Å². The van der Waals surface area contributed by atoms with Crippen LogP contribution in [0.2, 0.25) is 0 Å². The third kappa shape index (κ3) is 3.29. The Hall–Kier alpha value is -1.60. The van der Waals surface area contributed by atoms with Gasteiger partial charge in [0, 0.05) is 19.3 Å². The number of carbonyl (C=O) groups is 1. The van der Waals surface area contributed by atoms with E-state index in [1.165, 1.54) is 29.0 Å². The SMILES string of the molecule is CN(C(=O)Cn1ccnn1)[C@H]1CCCC[C@H]1C(F)(F)F. The maximum Gasteiger partial charge on any atom is 0.393 e. The second-order valence-corrected chi connectivity index (χ2v) is 5.11. The Kier molecular flexibility index (Phi) is 4.29. The van der Waals surface area contributed by atoms with E-state index in [1.54, 1.807) is 0 Å². The van der Waals surface area contributed by atoms with Crippen molar-refractivity contribution >= 4 is 5.91 Å². The first-order valence-electron chi connectivity index (χ1n) is 6.56. The molecule has 20 heavy (non-hydrogen) atoms. The molecule has 0 bridgehead atoms. The normalized spacial score (nSPS) is 23.6. The van der Waals surface area contributed by atoms with E-state index in [2.05, 4.69) is 10.3 Å². The van der Waals surface area contributed by atoms with Gasteiger partial charge in [-0.1, -0.05) is 18.1 Å². The molecule has 0 N–H and O–H groups in total. The zero-order valence-electron chi connectivity index (χ0n) is 11.2. The van der Waals surface area contributed by atoms with Crippen molar-refractivity contribution in [3.8, 4) is 0 Å². The van der Waals surface area contributed by atoms with Crippen LogP contribution in [0.1, 0.15) is 25.7 Å². The van der Waals surface area contributed by atoms with Gasteiger partial charge in [0.05, 0.1) is 12.1 Å². The molecule has 1 amide bonds. The highest BCUT2D eigenvalue weighted by Gasteiger charge is 2.47. The van der Waals surface area contributed by atoms with E-state index >= 15 is 0 Å². The van der Waals surface area contributed by atoms with Crippen molar-refractivity contribution in [2.75, 3.05) is 7.05 Å². The van der Waals surface area contributed by atoms with Gasteiger partial charge in [-0.05, 0) is 12.8 Å². The number of alkyl halides is 3.